The lowest BCUT2D eigenvalue weighted by Crippen LogP contribution is -2.44. The lowest BCUT2D eigenvalue weighted by molar-refractivity contribution is 0.210. The highest BCUT2D eigenvalue weighted by molar-refractivity contribution is 5.44. The van der Waals surface area contributed by atoms with Crippen LogP contribution in [0.3, 0.4) is 0 Å². The summed E-state index contributed by atoms with van der Waals surface area (Å²) >= 11 is 0. The minimum absolute atomic E-state index is 0.108. The van der Waals surface area contributed by atoms with E-state index in [0.29, 0.717) is 0 Å². The number of rotatable bonds is 5. The van der Waals surface area contributed by atoms with Crippen LogP contribution in [0.1, 0.15) is 13.8 Å². The molecule has 0 atom stereocenters. The first-order chi connectivity index (χ1) is 7.45. The first-order valence-corrected chi connectivity index (χ1v) is 5.52. The summed E-state index contributed by atoms with van der Waals surface area (Å²) in [6.45, 7) is 5.25. The first-order valence-electron chi connectivity index (χ1n) is 5.52. The molecular weight excluding hydrogens is 200 g/mol. The minimum atomic E-state index is 0.108. The fraction of sp³-hybridized carbons (Fsp3) is 0.583. The van der Waals surface area contributed by atoms with Crippen molar-refractivity contribution >= 4 is 11.6 Å². The van der Waals surface area contributed by atoms with Crippen molar-refractivity contribution < 1.29 is 0 Å². The highest BCUT2D eigenvalue weighted by Gasteiger charge is 2.19. The van der Waals surface area contributed by atoms with E-state index in [9.17, 15) is 0 Å². The van der Waals surface area contributed by atoms with Gasteiger partial charge in [0.1, 0.15) is 11.6 Å². The van der Waals surface area contributed by atoms with Crippen LogP contribution in [0.5, 0.6) is 0 Å². The van der Waals surface area contributed by atoms with Crippen LogP contribution < -0.4 is 10.6 Å². The Morgan fingerprint density at radius 2 is 1.88 bits per heavy atom. The third kappa shape index (κ3) is 3.38. The Balaban J connectivity index is 2.60. The molecule has 16 heavy (non-hydrogen) atoms. The monoisotopic (exact) mass is 222 g/mol. The number of nitrogens with one attached hydrogen (secondary N) is 2. The maximum absolute atomic E-state index is 4.41. The van der Waals surface area contributed by atoms with E-state index in [4.69, 9.17) is 0 Å². The fourth-order valence-electron chi connectivity index (χ4n) is 1.14. The molecule has 0 aromatic carbocycles. The Morgan fingerprint density at radius 3 is 2.44 bits per heavy atom. The van der Waals surface area contributed by atoms with Crippen molar-refractivity contribution in [1.29, 1.82) is 0 Å². The number of anilines is 2. The summed E-state index contributed by atoms with van der Waals surface area (Å²) < 4.78 is 0. The third-order valence-corrected chi connectivity index (χ3v) is 2.92. The van der Waals surface area contributed by atoms with Gasteiger partial charge in [-0.1, -0.05) is 6.07 Å². The molecule has 0 bridgehead atoms. The molecule has 0 amide bonds. The van der Waals surface area contributed by atoms with Crippen molar-refractivity contribution in [2.24, 2.45) is 0 Å². The van der Waals surface area contributed by atoms with Gasteiger partial charge in [-0.15, -0.1) is 0 Å². The number of hydrogen-bond acceptors (Lipinski definition) is 4. The van der Waals surface area contributed by atoms with Crippen LogP contribution in [0.15, 0.2) is 18.2 Å². The molecule has 0 radical (unpaired) electrons. The SMILES string of the molecule is CNc1cccc(NCC(C)(C)N(C)C)n1. The van der Waals surface area contributed by atoms with Crippen molar-refractivity contribution in [1.82, 2.24) is 9.88 Å². The summed E-state index contributed by atoms with van der Waals surface area (Å²) in [5, 5.41) is 6.37. The smallest absolute Gasteiger partial charge is 0.128 e. The van der Waals surface area contributed by atoms with Crippen LogP contribution in [-0.2, 0) is 0 Å². The normalized spacial score (nSPS) is 11.6. The van der Waals surface area contributed by atoms with E-state index in [0.717, 1.165) is 18.2 Å². The van der Waals surface area contributed by atoms with Crippen LogP contribution >= 0.6 is 0 Å². The summed E-state index contributed by atoms with van der Waals surface area (Å²) in [4.78, 5) is 6.61. The Morgan fingerprint density at radius 1 is 1.25 bits per heavy atom. The molecule has 0 saturated carbocycles. The van der Waals surface area contributed by atoms with Gasteiger partial charge in [-0.05, 0) is 40.1 Å². The van der Waals surface area contributed by atoms with Crippen molar-refractivity contribution in [3.8, 4) is 0 Å². The van der Waals surface area contributed by atoms with E-state index in [1.165, 1.54) is 0 Å². The molecule has 0 aliphatic carbocycles. The maximum Gasteiger partial charge on any atom is 0.128 e. The molecule has 0 aliphatic heterocycles. The third-order valence-electron chi connectivity index (χ3n) is 2.92. The summed E-state index contributed by atoms with van der Waals surface area (Å²) in [6.07, 6.45) is 0. The van der Waals surface area contributed by atoms with Gasteiger partial charge in [-0.3, -0.25) is 0 Å². The molecule has 4 heteroatoms. The molecule has 4 nitrogen and oxygen atoms in total. The molecule has 0 spiro atoms. The number of hydrogen-bond donors (Lipinski definition) is 2. The van der Waals surface area contributed by atoms with E-state index < -0.39 is 0 Å². The molecule has 0 fully saturated rings. The van der Waals surface area contributed by atoms with Gasteiger partial charge >= 0.3 is 0 Å². The zero-order valence-electron chi connectivity index (χ0n) is 10.8. The molecule has 1 heterocycles. The molecule has 1 aromatic heterocycles. The second-order valence-corrected chi connectivity index (χ2v) is 4.72. The van der Waals surface area contributed by atoms with Gasteiger partial charge in [0.25, 0.3) is 0 Å². The second kappa shape index (κ2) is 5.16. The molecule has 1 aromatic rings. The number of pyridine rings is 1. The van der Waals surface area contributed by atoms with Crippen molar-refractivity contribution in [2.75, 3.05) is 38.3 Å². The minimum Gasteiger partial charge on any atom is -0.373 e. The molecule has 90 valence electrons. The summed E-state index contributed by atoms with van der Waals surface area (Å²) in [5.74, 6) is 1.79. The highest BCUT2D eigenvalue weighted by Crippen LogP contribution is 2.13. The van der Waals surface area contributed by atoms with E-state index in [2.05, 4.69) is 48.5 Å². The Kier molecular flexibility index (Phi) is 4.12. The summed E-state index contributed by atoms with van der Waals surface area (Å²) in [6, 6.07) is 5.92. The van der Waals surface area contributed by atoms with Crippen LogP contribution in [0.2, 0.25) is 0 Å². The van der Waals surface area contributed by atoms with Crippen LogP contribution in [0.25, 0.3) is 0 Å². The lowest BCUT2D eigenvalue weighted by atomic mass is 10.0. The van der Waals surface area contributed by atoms with Gasteiger partial charge in [0.15, 0.2) is 0 Å². The summed E-state index contributed by atoms with van der Waals surface area (Å²) in [7, 11) is 6.04. The lowest BCUT2D eigenvalue weighted by Gasteiger charge is -2.32. The van der Waals surface area contributed by atoms with E-state index in [1.807, 2.05) is 25.2 Å². The van der Waals surface area contributed by atoms with Gasteiger partial charge < -0.3 is 15.5 Å². The van der Waals surface area contributed by atoms with Crippen molar-refractivity contribution in [3.05, 3.63) is 18.2 Å². The first kappa shape index (κ1) is 12.8. The van der Waals surface area contributed by atoms with E-state index in [1.54, 1.807) is 0 Å². The van der Waals surface area contributed by atoms with E-state index >= 15 is 0 Å². The molecule has 0 aliphatic rings. The largest absolute Gasteiger partial charge is 0.373 e. The molecular formula is C12H22N4. The maximum atomic E-state index is 4.41. The van der Waals surface area contributed by atoms with Gasteiger partial charge in [0.05, 0.1) is 0 Å². The van der Waals surface area contributed by atoms with Gasteiger partial charge in [-0.25, -0.2) is 4.98 Å². The Labute approximate surface area is 98.1 Å². The highest BCUT2D eigenvalue weighted by atomic mass is 15.2. The molecule has 2 N–H and O–H groups in total. The van der Waals surface area contributed by atoms with Gasteiger partial charge in [0.2, 0.25) is 0 Å². The predicted octanol–water partition coefficient (Wildman–Crippen LogP) is 1.88. The molecule has 1 rings (SSSR count). The average molecular weight is 222 g/mol. The summed E-state index contributed by atoms with van der Waals surface area (Å²) in [5.41, 5.74) is 0.108. The fourth-order valence-corrected chi connectivity index (χ4v) is 1.14. The van der Waals surface area contributed by atoms with Crippen LogP contribution in [-0.4, -0.2) is 43.1 Å². The van der Waals surface area contributed by atoms with Crippen LogP contribution in [0.4, 0.5) is 11.6 Å². The zero-order chi connectivity index (χ0) is 12.2. The second-order valence-electron chi connectivity index (χ2n) is 4.72. The zero-order valence-corrected chi connectivity index (χ0v) is 10.8. The van der Waals surface area contributed by atoms with Crippen LogP contribution in [0, 0.1) is 0 Å². The Bertz CT molecular complexity index is 334. The van der Waals surface area contributed by atoms with Crippen molar-refractivity contribution in [3.63, 3.8) is 0 Å². The predicted molar refractivity (Wildman–Crippen MR) is 70.0 cm³/mol. The quantitative estimate of drug-likeness (QED) is 0.798. The molecule has 0 unspecified atom stereocenters. The van der Waals surface area contributed by atoms with Crippen molar-refractivity contribution in [2.45, 2.75) is 19.4 Å². The Hall–Kier alpha value is -1.29. The number of likely N-dealkylation sites (N-methyl/N-ethyl adjacent to an activating group) is 1. The number of nitrogens with zero attached hydrogens (tertiary/aromatic N) is 2. The average Bonchev–Trinajstić information content (AvgIpc) is 2.26. The van der Waals surface area contributed by atoms with E-state index in [-0.39, 0.29) is 5.54 Å². The van der Waals surface area contributed by atoms with Gasteiger partial charge in [0, 0.05) is 19.1 Å². The standard InChI is InChI=1S/C12H22N4/c1-12(2,16(4)5)9-14-11-8-6-7-10(13-3)15-11/h6-8H,9H2,1-5H3,(H2,13,14,15). The molecule has 0 saturated heterocycles. The van der Waals surface area contributed by atoms with Gasteiger partial charge in [-0.2, -0.15) is 0 Å². The topological polar surface area (TPSA) is 40.2 Å². The number of aromatic nitrogens is 1.